The molecule has 2 fully saturated rings. The first-order valence-electron chi connectivity index (χ1n) is 8.78. The molecule has 1 aliphatic carbocycles. The average molecular weight is 336 g/mol. The van der Waals surface area contributed by atoms with Gasteiger partial charge in [-0.2, -0.15) is 0 Å². The van der Waals surface area contributed by atoms with Crippen LogP contribution in [0.2, 0.25) is 0 Å². The zero-order valence-electron chi connectivity index (χ0n) is 14.5. The van der Waals surface area contributed by atoms with Gasteiger partial charge < -0.3 is 19.9 Å². The maximum Gasteiger partial charge on any atom is 0.187 e. The molecule has 0 amide bonds. The van der Waals surface area contributed by atoms with Gasteiger partial charge in [0.2, 0.25) is 0 Å². The van der Waals surface area contributed by atoms with Crippen molar-refractivity contribution < 1.29 is 14.9 Å². The molecular formula is C18H28N2O4. The number of pyridine rings is 1. The van der Waals surface area contributed by atoms with E-state index in [-0.39, 0.29) is 29.7 Å². The van der Waals surface area contributed by atoms with Crippen LogP contribution in [0.1, 0.15) is 36.1 Å². The first kappa shape index (κ1) is 17.6. The summed E-state index contributed by atoms with van der Waals surface area (Å²) in [5.74, 6) is 0. The van der Waals surface area contributed by atoms with E-state index < -0.39 is 0 Å². The summed E-state index contributed by atoms with van der Waals surface area (Å²) in [5, 5.41) is 19.2. The second-order valence-corrected chi connectivity index (χ2v) is 7.25. The lowest BCUT2D eigenvalue weighted by atomic mass is 9.58. The molecule has 6 nitrogen and oxygen atoms in total. The van der Waals surface area contributed by atoms with Crippen LogP contribution < -0.4 is 5.43 Å². The van der Waals surface area contributed by atoms with Crippen LogP contribution in [-0.4, -0.2) is 58.6 Å². The van der Waals surface area contributed by atoms with Crippen molar-refractivity contribution in [2.45, 2.75) is 51.9 Å². The molecule has 2 atom stereocenters. The third kappa shape index (κ3) is 3.04. The standard InChI is InChI=1S/C18H28N2O4/c1-12-10-19-14(13(2)17(12)23)11-20-5-3-18(4-6-20)15(22)9-16(18)24-8-7-21/h10,15-16,21-22H,3-9,11H2,1-2H3,(H,19,23)/t15-,16+/m0/s1. The maximum absolute atomic E-state index is 12.1. The van der Waals surface area contributed by atoms with Gasteiger partial charge in [0, 0.05) is 41.4 Å². The molecule has 3 N–H and O–H groups in total. The molecule has 1 aromatic heterocycles. The highest BCUT2D eigenvalue weighted by molar-refractivity contribution is 5.23. The average Bonchev–Trinajstić information content (AvgIpc) is 2.59. The van der Waals surface area contributed by atoms with Gasteiger partial charge in [-0.3, -0.25) is 9.69 Å². The Morgan fingerprint density at radius 1 is 1.38 bits per heavy atom. The predicted molar refractivity (Wildman–Crippen MR) is 90.9 cm³/mol. The molecule has 0 radical (unpaired) electrons. The first-order valence-corrected chi connectivity index (χ1v) is 8.78. The third-order valence-electron chi connectivity index (χ3n) is 5.94. The third-order valence-corrected chi connectivity index (χ3v) is 5.94. The molecule has 0 unspecified atom stereocenters. The van der Waals surface area contributed by atoms with E-state index in [0.717, 1.165) is 49.3 Å². The maximum atomic E-state index is 12.1. The number of hydrogen-bond donors (Lipinski definition) is 3. The van der Waals surface area contributed by atoms with E-state index in [1.54, 1.807) is 6.20 Å². The number of rotatable bonds is 5. The molecule has 2 aliphatic rings. The summed E-state index contributed by atoms with van der Waals surface area (Å²) in [5.41, 5.74) is 2.48. The Bertz CT molecular complexity index is 634. The summed E-state index contributed by atoms with van der Waals surface area (Å²) in [6.07, 6.45) is 3.99. The molecule has 1 saturated carbocycles. The van der Waals surface area contributed by atoms with Crippen molar-refractivity contribution in [3.63, 3.8) is 0 Å². The van der Waals surface area contributed by atoms with Crippen molar-refractivity contribution >= 4 is 0 Å². The number of H-pyrrole nitrogens is 1. The summed E-state index contributed by atoms with van der Waals surface area (Å²) in [6, 6.07) is 0. The summed E-state index contributed by atoms with van der Waals surface area (Å²) < 4.78 is 5.72. The summed E-state index contributed by atoms with van der Waals surface area (Å²) in [6.45, 7) is 6.56. The van der Waals surface area contributed by atoms with E-state index in [4.69, 9.17) is 9.84 Å². The Labute approximate surface area is 142 Å². The van der Waals surface area contributed by atoms with Crippen molar-refractivity contribution in [3.8, 4) is 0 Å². The fourth-order valence-electron chi connectivity index (χ4n) is 4.13. The fraction of sp³-hybridized carbons (Fsp3) is 0.722. The summed E-state index contributed by atoms with van der Waals surface area (Å²) in [7, 11) is 0. The van der Waals surface area contributed by atoms with E-state index in [0.29, 0.717) is 13.0 Å². The fourth-order valence-corrected chi connectivity index (χ4v) is 4.13. The Morgan fingerprint density at radius 2 is 2.08 bits per heavy atom. The van der Waals surface area contributed by atoms with Crippen LogP contribution in [0.3, 0.4) is 0 Å². The second kappa shape index (κ2) is 6.96. The van der Waals surface area contributed by atoms with Gasteiger partial charge in [-0.1, -0.05) is 0 Å². The molecule has 1 spiro atoms. The number of aryl methyl sites for hydroxylation is 1. The van der Waals surface area contributed by atoms with E-state index in [1.807, 2.05) is 13.8 Å². The molecule has 24 heavy (non-hydrogen) atoms. The van der Waals surface area contributed by atoms with E-state index >= 15 is 0 Å². The monoisotopic (exact) mass is 336 g/mol. The highest BCUT2D eigenvalue weighted by Crippen LogP contribution is 2.51. The lowest BCUT2D eigenvalue weighted by Crippen LogP contribution is -2.62. The van der Waals surface area contributed by atoms with Crippen LogP contribution in [0.25, 0.3) is 0 Å². The zero-order valence-corrected chi connectivity index (χ0v) is 14.5. The number of aromatic amines is 1. The van der Waals surface area contributed by atoms with Gasteiger partial charge in [-0.25, -0.2) is 0 Å². The van der Waals surface area contributed by atoms with Crippen LogP contribution in [0.15, 0.2) is 11.0 Å². The van der Waals surface area contributed by atoms with E-state index in [2.05, 4.69) is 9.88 Å². The minimum atomic E-state index is -0.302. The van der Waals surface area contributed by atoms with Crippen molar-refractivity contribution in [2.24, 2.45) is 5.41 Å². The van der Waals surface area contributed by atoms with Gasteiger partial charge in [0.25, 0.3) is 0 Å². The van der Waals surface area contributed by atoms with E-state index in [1.165, 1.54) is 0 Å². The number of nitrogens with one attached hydrogen (secondary N) is 1. The van der Waals surface area contributed by atoms with Crippen molar-refractivity contribution in [1.29, 1.82) is 0 Å². The van der Waals surface area contributed by atoms with Gasteiger partial charge in [0.15, 0.2) is 5.43 Å². The van der Waals surface area contributed by atoms with Gasteiger partial charge in [-0.05, 0) is 39.8 Å². The Hall–Kier alpha value is -1.21. The quantitative estimate of drug-likeness (QED) is 0.738. The summed E-state index contributed by atoms with van der Waals surface area (Å²) >= 11 is 0. The van der Waals surface area contributed by atoms with E-state index in [9.17, 15) is 9.90 Å². The largest absolute Gasteiger partial charge is 0.394 e. The minimum Gasteiger partial charge on any atom is -0.394 e. The Balaban J connectivity index is 1.61. The van der Waals surface area contributed by atoms with Crippen molar-refractivity contribution in [3.05, 3.63) is 33.2 Å². The van der Waals surface area contributed by atoms with Gasteiger partial charge in [0.1, 0.15) is 0 Å². The molecule has 134 valence electrons. The van der Waals surface area contributed by atoms with Gasteiger partial charge in [-0.15, -0.1) is 0 Å². The lowest BCUT2D eigenvalue weighted by Gasteiger charge is -2.56. The molecule has 6 heteroatoms. The highest BCUT2D eigenvalue weighted by atomic mass is 16.5. The number of aliphatic hydroxyl groups excluding tert-OH is 2. The van der Waals surface area contributed by atoms with Crippen LogP contribution in [0.4, 0.5) is 0 Å². The highest BCUT2D eigenvalue weighted by Gasteiger charge is 2.56. The second-order valence-electron chi connectivity index (χ2n) is 7.25. The predicted octanol–water partition coefficient (Wildman–Crippen LogP) is 0.716. The SMILES string of the molecule is Cc1c[nH]c(CN2CCC3(CC2)[C@@H](O)C[C@H]3OCCO)c(C)c1=O. The molecule has 1 aromatic rings. The number of nitrogens with zero attached hydrogens (tertiary/aromatic N) is 1. The van der Waals surface area contributed by atoms with Crippen LogP contribution >= 0.6 is 0 Å². The molecule has 0 aromatic carbocycles. The van der Waals surface area contributed by atoms with Crippen molar-refractivity contribution in [1.82, 2.24) is 9.88 Å². The number of likely N-dealkylation sites (tertiary alicyclic amines) is 1. The van der Waals surface area contributed by atoms with Crippen LogP contribution in [0, 0.1) is 19.3 Å². The number of piperidine rings is 1. The molecular weight excluding hydrogens is 308 g/mol. The van der Waals surface area contributed by atoms with Gasteiger partial charge in [0.05, 0.1) is 25.4 Å². The zero-order chi connectivity index (χ0) is 17.3. The Morgan fingerprint density at radius 3 is 2.71 bits per heavy atom. The molecule has 1 saturated heterocycles. The molecule has 0 bridgehead atoms. The molecule has 1 aliphatic heterocycles. The smallest absolute Gasteiger partial charge is 0.187 e. The lowest BCUT2D eigenvalue weighted by molar-refractivity contribution is -0.213. The molecule has 2 heterocycles. The minimum absolute atomic E-state index is 0.0227. The first-order chi connectivity index (χ1) is 11.5. The van der Waals surface area contributed by atoms with Crippen LogP contribution in [-0.2, 0) is 11.3 Å². The number of aliphatic hydroxyl groups is 2. The summed E-state index contributed by atoms with van der Waals surface area (Å²) in [4.78, 5) is 17.6. The van der Waals surface area contributed by atoms with Crippen LogP contribution in [0.5, 0.6) is 0 Å². The number of ether oxygens (including phenoxy) is 1. The molecule has 3 rings (SSSR count). The number of aromatic nitrogens is 1. The topological polar surface area (TPSA) is 85.8 Å². The Kier molecular flexibility index (Phi) is 5.11. The number of hydrogen-bond acceptors (Lipinski definition) is 5. The normalized spacial score (nSPS) is 26.5. The van der Waals surface area contributed by atoms with Crippen molar-refractivity contribution in [2.75, 3.05) is 26.3 Å². The van der Waals surface area contributed by atoms with Gasteiger partial charge >= 0.3 is 0 Å².